The van der Waals surface area contributed by atoms with Gasteiger partial charge in [-0.3, -0.25) is 9.78 Å². The highest BCUT2D eigenvalue weighted by Gasteiger charge is 2.31. The first-order valence-electron chi connectivity index (χ1n) is 5.30. The Hall–Kier alpha value is -1.21. The van der Waals surface area contributed by atoms with E-state index in [0.717, 1.165) is 4.47 Å². The summed E-state index contributed by atoms with van der Waals surface area (Å²) in [6.45, 7) is 0. The molecule has 0 saturated carbocycles. The second kappa shape index (κ2) is 4.81. The number of carbonyl (C=O) groups excluding carboxylic acids is 1. The molecule has 1 saturated heterocycles. The molecular formula is C11H8BrN3O2S. The van der Waals surface area contributed by atoms with Crippen molar-refractivity contribution in [3.63, 3.8) is 0 Å². The molecule has 0 amide bonds. The van der Waals surface area contributed by atoms with Crippen LogP contribution in [0.1, 0.15) is 11.8 Å². The highest BCUT2D eigenvalue weighted by Crippen LogP contribution is 2.30. The number of halogens is 1. The van der Waals surface area contributed by atoms with Gasteiger partial charge >= 0.3 is 0 Å². The first-order chi connectivity index (χ1) is 8.75. The smallest absolute Gasteiger partial charge is 0.238 e. The van der Waals surface area contributed by atoms with Gasteiger partial charge in [0.2, 0.25) is 11.7 Å². The molecule has 0 radical (unpaired) electrons. The lowest BCUT2D eigenvalue weighted by Gasteiger charge is -1.98. The van der Waals surface area contributed by atoms with Gasteiger partial charge < -0.3 is 4.52 Å². The Morgan fingerprint density at radius 3 is 3.11 bits per heavy atom. The average Bonchev–Trinajstić information content (AvgIpc) is 2.98. The molecule has 1 aliphatic heterocycles. The molecule has 0 spiro atoms. The fourth-order valence-electron chi connectivity index (χ4n) is 1.70. The van der Waals surface area contributed by atoms with Crippen LogP contribution in [0.15, 0.2) is 27.3 Å². The molecule has 1 unspecified atom stereocenters. The number of aromatic nitrogens is 3. The van der Waals surface area contributed by atoms with Crippen molar-refractivity contribution in [1.82, 2.24) is 15.1 Å². The third kappa shape index (κ3) is 2.08. The molecule has 92 valence electrons. The van der Waals surface area contributed by atoms with Gasteiger partial charge in [0.25, 0.3) is 0 Å². The monoisotopic (exact) mass is 325 g/mol. The summed E-state index contributed by atoms with van der Waals surface area (Å²) in [5.41, 5.74) is 0.616. The van der Waals surface area contributed by atoms with Gasteiger partial charge in [0, 0.05) is 16.4 Å². The Labute approximate surface area is 115 Å². The van der Waals surface area contributed by atoms with E-state index in [1.165, 1.54) is 0 Å². The van der Waals surface area contributed by atoms with Gasteiger partial charge in [0.05, 0.1) is 5.75 Å². The Morgan fingerprint density at radius 1 is 1.50 bits per heavy atom. The Balaban J connectivity index is 1.95. The van der Waals surface area contributed by atoms with E-state index in [9.17, 15) is 4.79 Å². The Bertz CT molecular complexity index is 601. The van der Waals surface area contributed by atoms with Crippen LogP contribution in [0.2, 0.25) is 0 Å². The third-order valence-corrected chi connectivity index (χ3v) is 4.33. The summed E-state index contributed by atoms with van der Waals surface area (Å²) < 4.78 is 5.97. The lowest BCUT2D eigenvalue weighted by molar-refractivity contribution is -0.117. The van der Waals surface area contributed by atoms with Gasteiger partial charge in [-0.05, 0) is 28.1 Å². The van der Waals surface area contributed by atoms with Crippen molar-refractivity contribution in [2.24, 2.45) is 0 Å². The zero-order valence-electron chi connectivity index (χ0n) is 9.17. The first-order valence-corrected chi connectivity index (χ1v) is 7.25. The Morgan fingerprint density at radius 2 is 2.39 bits per heavy atom. The van der Waals surface area contributed by atoms with Crippen molar-refractivity contribution in [3.05, 3.63) is 28.7 Å². The molecule has 3 heterocycles. The van der Waals surface area contributed by atoms with Crippen LogP contribution in [0.4, 0.5) is 0 Å². The lowest BCUT2D eigenvalue weighted by Crippen LogP contribution is -2.09. The number of Topliss-reactive ketones (excluding diaryl/α,β-unsaturated/α-hetero) is 1. The van der Waals surface area contributed by atoms with Crippen LogP contribution < -0.4 is 0 Å². The topological polar surface area (TPSA) is 68.9 Å². The summed E-state index contributed by atoms with van der Waals surface area (Å²) in [6, 6.07) is 3.67. The minimum Gasteiger partial charge on any atom is -0.338 e. The van der Waals surface area contributed by atoms with Crippen LogP contribution in [0.25, 0.3) is 11.5 Å². The van der Waals surface area contributed by atoms with E-state index in [1.54, 1.807) is 18.0 Å². The standard InChI is InChI=1S/C11H8BrN3O2S/c12-7-2-1-3-13-9(7)10-14-11(17-15-10)6-4-18-5-8(6)16/h1-3,6H,4-5H2. The van der Waals surface area contributed by atoms with E-state index in [2.05, 4.69) is 31.1 Å². The van der Waals surface area contributed by atoms with Gasteiger partial charge in [-0.25, -0.2) is 0 Å². The van der Waals surface area contributed by atoms with E-state index >= 15 is 0 Å². The quantitative estimate of drug-likeness (QED) is 0.843. The molecular weight excluding hydrogens is 318 g/mol. The molecule has 5 nitrogen and oxygen atoms in total. The van der Waals surface area contributed by atoms with Crippen molar-refractivity contribution in [1.29, 1.82) is 0 Å². The maximum atomic E-state index is 11.6. The minimum atomic E-state index is -0.265. The maximum Gasteiger partial charge on any atom is 0.238 e. The summed E-state index contributed by atoms with van der Waals surface area (Å²) in [5, 5.41) is 3.89. The predicted octanol–water partition coefficient (Wildman–Crippen LogP) is 2.29. The van der Waals surface area contributed by atoms with Crippen LogP contribution in [0.3, 0.4) is 0 Å². The van der Waals surface area contributed by atoms with Crippen LogP contribution in [-0.2, 0) is 4.79 Å². The van der Waals surface area contributed by atoms with Gasteiger partial charge in [-0.1, -0.05) is 5.16 Å². The fraction of sp³-hybridized carbons (Fsp3) is 0.273. The molecule has 0 N–H and O–H groups in total. The van der Waals surface area contributed by atoms with Crippen molar-refractivity contribution in [3.8, 4) is 11.5 Å². The molecule has 7 heteroatoms. The predicted molar refractivity (Wildman–Crippen MR) is 70.3 cm³/mol. The number of thioether (sulfide) groups is 1. The highest BCUT2D eigenvalue weighted by molar-refractivity contribution is 9.10. The van der Waals surface area contributed by atoms with E-state index < -0.39 is 0 Å². The minimum absolute atomic E-state index is 0.148. The summed E-state index contributed by atoms with van der Waals surface area (Å²) in [7, 11) is 0. The molecule has 0 bridgehead atoms. The maximum absolute atomic E-state index is 11.6. The van der Waals surface area contributed by atoms with E-state index in [0.29, 0.717) is 28.9 Å². The number of pyridine rings is 1. The summed E-state index contributed by atoms with van der Waals surface area (Å²) in [4.78, 5) is 20.1. The van der Waals surface area contributed by atoms with Crippen molar-refractivity contribution in [2.45, 2.75) is 5.92 Å². The number of carbonyl (C=O) groups is 1. The van der Waals surface area contributed by atoms with E-state index in [4.69, 9.17) is 4.52 Å². The number of hydrogen-bond acceptors (Lipinski definition) is 6. The molecule has 2 aromatic heterocycles. The molecule has 1 aliphatic rings. The second-order valence-electron chi connectivity index (χ2n) is 3.82. The zero-order chi connectivity index (χ0) is 12.5. The van der Waals surface area contributed by atoms with Crippen LogP contribution in [-0.4, -0.2) is 32.4 Å². The SMILES string of the molecule is O=C1CSCC1c1nc(-c2ncccc2Br)no1. The molecule has 0 aliphatic carbocycles. The van der Waals surface area contributed by atoms with Crippen LogP contribution in [0.5, 0.6) is 0 Å². The second-order valence-corrected chi connectivity index (χ2v) is 5.71. The van der Waals surface area contributed by atoms with Gasteiger partial charge in [-0.15, -0.1) is 0 Å². The van der Waals surface area contributed by atoms with Crippen molar-refractivity contribution in [2.75, 3.05) is 11.5 Å². The zero-order valence-corrected chi connectivity index (χ0v) is 11.6. The molecule has 18 heavy (non-hydrogen) atoms. The van der Waals surface area contributed by atoms with Crippen molar-refractivity contribution >= 4 is 33.5 Å². The number of nitrogens with zero attached hydrogens (tertiary/aromatic N) is 3. The molecule has 1 atom stereocenters. The van der Waals surface area contributed by atoms with Gasteiger partial charge in [0.15, 0.2) is 5.78 Å². The largest absolute Gasteiger partial charge is 0.338 e. The first kappa shape index (κ1) is 11.9. The fourth-order valence-corrected chi connectivity index (χ4v) is 3.22. The Kier molecular flexibility index (Phi) is 3.17. The number of hydrogen-bond donors (Lipinski definition) is 0. The molecule has 1 fully saturated rings. The molecule has 0 aromatic carbocycles. The number of ketones is 1. The third-order valence-electron chi connectivity index (χ3n) is 2.63. The lowest BCUT2D eigenvalue weighted by atomic mass is 10.1. The van der Waals surface area contributed by atoms with Gasteiger partial charge in [-0.2, -0.15) is 16.7 Å². The highest BCUT2D eigenvalue weighted by atomic mass is 79.9. The van der Waals surface area contributed by atoms with Crippen molar-refractivity contribution < 1.29 is 9.32 Å². The number of rotatable bonds is 2. The summed E-state index contributed by atoms with van der Waals surface area (Å²) in [6.07, 6.45) is 1.66. The van der Waals surface area contributed by atoms with E-state index in [-0.39, 0.29) is 11.7 Å². The average molecular weight is 326 g/mol. The normalized spacial score (nSPS) is 19.4. The summed E-state index contributed by atoms with van der Waals surface area (Å²) in [5.74, 6) is 1.91. The van der Waals surface area contributed by atoms with E-state index in [1.807, 2.05) is 12.1 Å². The van der Waals surface area contributed by atoms with Crippen LogP contribution in [0, 0.1) is 0 Å². The molecule has 3 rings (SSSR count). The van der Waals surface area contributed by atoms with Gasteiger partial charge in [0.1, 0.15) is 11.6 Å². The molecule has 2 aromatic rings. The van der Waals surface area contributed by atoms with Crippen LogP contribution >= 0.6 is 27.7 Å². The summed E-state index contributed by atoms with van der Waals surface area (Å²) >= 11 is 4.97.